The van der Waals surface area contributed by atoms with Crippen LogP contribution < -0.4 is 16.8 Å². The fourth-order valence-electron chi connectivity index (χ4n) is 10.6. The van der Waals surface area contributed by atoms with E-state index in [-0.39, 0.29) is 5.97 Å². The van der Waals surface area contributed by atoms with E-state index in [2.05, 4.69) is 31.0 Å². The lowest BCUT2D eigenvalue weighted by molar-refractivity contribution is -0.141. The molecule has 0 aromatic rings. The third-order valence-corrected chi connectivity index (χ3v) is 12.9. The van der Waals surface area contributed by atoms with Crippen molar-refractivity contribution in [2.45, 2.75) is 117 Å². The Balaban J connectivity index is 1.27. The second-order valence-electron chi connectivity index (χ2n) is 14.9. The molecule has 40 heavy (non-hydrogen) atoms. The number of hydrogen-bond donors (Lipinski definition) is 3. The third-order valence-electron chi connectivity index (χ3n) is 12.9. The predicted molar refractivity (Wildman–Crippen MR) is 166 cm³/mol. The van der Waals surface area contributed by atoms with Crippen LogP contribution in [0.3, 0.4) is 0 Å². The zero-order chi connectivity index (χ0) is 28.8. The summed E-state index contributed by atoms with van der Waals surface area (Å²) in [6.07, 6.45) is 17.6. The molecule has 0 amide bonds. The van der Waals surface area contributed by atoms with E-state index in [1.807, 2.05) is 0 Å². The lowest BCUT2D eigenvalue weighted by Crippen LogP contribution is -2.55. The molecule has 6 heteroatoms. The summed E-state index contributed by atoms with van der Waals surface area (Å²) in [5.74, 6) is 4.99. The van der Waals surface area contributed by atoms with Crippen LogP contribution in [0.4, 0.5) is 0 Å². The second-order valence-corrected chi connectivity index (χ2v) is 14.9. The van der Waals surface area contributed by atoms with Gasteiger partial charge in [0.15, 0.2) is 0 Å². The number of hydrogen-bond acceptors (Lipinski definition) is 6. The Morgan fingerprint density at radius 3 is 2.30 bits per heavy atom. The molecule has 0 aromatic carbocycles. The van der Waals surface area contributed by atoms with Crippen molar-refractivity contribution in [1.29, 1.82) is 0 Å². The molecule has 6 nitrogen and oxygen atoms in total. The van der Waals surface area contributed by atoms with E-state index in [0.29, 0.717) is 29.2 Å². The number of nitrogens with one attached hydrogen (secondary N) is 1. The van der Waals surface area contributed by atoms with E-state index in [1.165, 1.54) is 71.3 Å². The summed E-state index contributed by atoms with van der Waals surface area (Å²) in [5, 5.41) is 3.99. The van der Waals surface area contributed by atoms with Crippen LogP contribution in [-0.4, -0.2) is 63.3 Å². The van der Waals surface area contributed by atoms with Crippen molar-refractivity contribution in [2.24, 2.45) is 57.8 Å². The van der Waals surface area contributed by atoms with Gasteiger partial charge in [0.05, 0.1) is 7.11 Å². The highest BCUT2D eigenvalue weighted by Crippen LogP contribution is 2.68. The van der Waals surface area contributed by atoms with Gasteiger partial charge in [-0.05, 0) is 169 Å². The van der Waals surface area contributed by atoms with E-state index >= 15 is 0 Å². The van der Waals surface area contributed by atoms with Crippen LogP contribution in [0.1, 0.15) is 111 Å². The summed E-state index contributed by atoms with van der Waals surface area (Å²) in [6.45, 7) is 13.8. The van der Waals surface area contributed by atoms with E-state index in [1.54, 1.807) is 0 Å². The van der Waals surface area contributed by atoms with Crippen molar-refractivity contribution >= 4 is 5.97 Å². The third kappa shape index (κ3) is 7.09. The molecule has 0 aliphatic heterocycles. The number of esters is 1. The monoisotopic (exact) mass is 561 g/mol. The van der Waals surface area contributed by atoms with Crippen LogP contribution in [0.15, 0.2) is 0 Å². The highest BCUT2D eigenvalue weighted by atomic mass is 16.5. The Morgan fingerprint density at radius 2 is 1.60 bits per heavy atom. The Morgan fingerprint density at radius 1 is 0.925 bits per heavy atom. The van der Waals surface area contributed by atoms with Gasteiger partial charge in [-0.25, -0.2) is 0 Å². The predicted octanol–water partition coefficient (Wildman–Crippen LogP) is 5.58. The first-order valence-electron chi connectivity index (χ1n) is 17.2. The molecule has 5 N–H and O–H groups in total. The van der Waals surface area contributed by atoms with Crippen molar-refractivity contribution in [2.75, 3.05) is 46.4 Å². The minimum Gasteiger partial charge on any atom is -0.469 e. The van der Waals surface area contributed by atoms with Gasteiger partial charge in [-0.15, -0.1) is 0 Å². The van der Waals surface area contributed by atoms with Gasteiger partial charge in [0, 0.05) is 12.5 Å². The normalized spacial score (nSPS) is 38.0. The first-order valence-corrected chi connectivity index (χ1v) is 17.2. The molecular formula is C34H64N4O2. The molecule has 4 aliphatic rings. The molecule has 4 fully saturated rings. The van der Waals surface area contributed by atoms with Crippen molar-refractivity contribution in [3.05, 3.63) is 0 Å². The maximum atomic E-state index is 11.8. The first-order chi connectivity index (χ1) is 19.3. The molecule has 0 saturated heterocycles. The van der Waals surface area contributed by atoms with Crippen molar-refractivity contribution in [3.8, 4) is 0 Å². The van der Waals surface area contributed by atoms with Gasteiger partial charge in [-0.1, -0.05) is 20.8 Å². The van der Waals surface area contributed by atoms with Crippen LogP contribution in [0.2, 0.25) is 0 Å². The summed E-state index contributed by atoms with van der Waals surface area (Å²) < 4.78 is 4.94. The van der Waals surface area contributed by atoms with Crippen molar-refractivity contribution < 1.29 is 9.53 Å². The van der Waals surface area contributed by atoms with Crippen LogP contribution >= 0.6 is 0 Å². The van der Waals surface area contributed by atoms with Crippen molar-refractivity contribution in [1.82, 2.24) is 10.2 Å². The van der Waals surface area contributed by atoms with Crippen LogP contribution in [-0.2, 0) is 9.53 Å². The summed E-state index contributed by atoms with van der Waals surface area (Å²) in [5.41, 5.74) is 12.5. The molecule has 0 aromatic heterocycles. The van der Waals surface area contributed by atoms with Gasteiger partial charge in [-0.2, -0.15) is 0 Å². The Bertz CT molecular complexity index is 786. The lowest BCUT2D eigenvalue weighted by Gasteiger charge is -2.61. The zero-order valence-corrected chi connectivity index (χ0v) is 26.6. The molecule has 4 saturated carbocycles. The Labute approximate surface area is 246 Å². The largest absolute Gasteiger partial charge is 0.469 e. The fourth-order valence-corrected chi connectivity index (χ4v) is 10.6. The van der Waals surface area contributed by atoms with Crippen LogP contribution in [0.5, 0.6) is 0 Å². The minimum absolute atomic E-state index is 0.0430. The SMILES string of the molecule is COC(=O)CC[C@@H](C)C1CCC2C3CCC4C[C@@H](NCCCN(CCCN)CCCN)CC[C@]4(C)C3CC[C@@]21C. The maximum Gasteiger partial charge on any atom is 0.305 e. The van der Waals surface area contributed by atoms with E-state index in [0.717, 1.165) is 88.1 Å². The molecule has 4 rings (SSSR count). The molecule has 0 bridgehead atoms. The average molecular weight is 561 g/mol. The summed E-state index contributed by atoms with van der Waals surface area (Å²) in [4.78, 5) is 14.4. The second kappa shape index (κ2) is 14.7. The van der Waals surface area contributed by atoms with E-state index < -0.39 is 0 Å². The van der Waals surface area contributed by atoms with E-state index in [4.69, 9.17) is 16.2 Å². The van der Waals surface area contributed by atoms with Crippen LogP contribution in [0, 0.1) is 46.3 Å². The molecule has 0 radical (unpaired) electrons. The quantitative estimate of drug-likeness (QED) is 0.179. The number of methoxy groups -OCH3 is 1. The number of nitrogens with two attached hydrogens (primary N) is 2. The van der Waals surface area contributed by atoms with Gasteiger partial charge in [0.1, 0.15) is 0 Å². The first kappa shape index (κ1) is 32.2. The number of carbonyl (C=O) groups is 1. The van der Waals surface area contributed by atoms with Gasteiger partial charge in [-0.3, -0.25) is 4.79 Å². The Hall–Kier alpha value is -0.690. The highest BCUT2D eigenvalue weighted by Gasteiger charge is 2.60. The molecule has 0 spiro atoms. The number of rotatable bonds is 15. The smallest absolute Gasteiger partial charge is 0.305 e. The van der Waals surface area contributed by atoms with Gasteiger partial charge < -0.3 is 26.4 Å². The fraction of sp³-hybridized carbons (Fsp3) is 0.971. The number of nitrogens with zero attached hydrogens (tertiary/aromatic N) is 1. The average Bonchev–Trinajstić information content (AvgIpc) is 3.32. The van der Waals surface area contributed by atoms with E-state index in [9.17, 15) is 4.79 Å². The zero-order valence-electron chi connectivity index (χ0n) is 26.6. The lowest BCUT2D eigenvalue weighted by atomic mass is 9.44. The van der Waals surface area contributed by atoms with Crippen LogP contribution in [0.25, 0.3) is 0 Å². The summed E-state index contributed by atoms with van der Waals surface area (Å²) >= 11 is 0. The Kier molecular flexibility index (Phi) is 11.8. The molecule has 232 valence electrons. The highest BCUT2D eigenvalue weighted by molar-refractivity contribution is 5.69. The molecular weight excluding hydrogens is 496 g/mol. The standard InChI is InChI=1S/C34H64N4O2/c1-25(8-13-32(39)40-4)29-11-12-30-28-10-9-26-24-27(14-16-33(26,2)31(28)15-17-34(29,30)3)37-20-7-23-38(21-5-18-35)22-6-19-36/h25-31,37H,5-24,35-36H2,1-4H3/t25-,26?,27+,28?,29?,30?,31?,33+,34-/m1/s1. The molecule has 5 unspecified atom stereocenters. The number of carbonyl (C=O) groups excluding carboxylic acids is 1. The topological polar surface area (TPSA) is 93.6 Å². The van der Waals surface area contributed by atoms with Gasteiger partial charge in [0.25, 0.3) is 0 Å². The van der Waals surface area contributed by atoms with Crippen molar-refractivity contribution in [3.63, 3.8) is 0 Å². The number of ether oxygens (including phenoxy) is 1. The molecule has 4 aliphatic carbocycles. The number of fused-ring (bicyclic) bond motifs is 5. The van der Waals surface area contributed by atoms with Gasteiger partial charge in [0.2, 0.25) is 0 Å². The maximum absolute atomic E-state index is 11.8. The molecule has 9 atom stereocenters. The van der Waals surface area contributed by atoms with Gasteiger partial charge >= 0.3 is 5.97 Å². The minimum atomic E-state index is -0.0430. The summed E-state index contributed by atoms with van der Waals surface area (Å²) in [7, 11) is 1.52. The summed E-state index contributed by atoms with van der Waals surface area (Å²) in [6, 6.07) is 0.705. The molecule has 0 heterocycles.